The second-order valence-electron chi connectivity index (χ2n) is 5.08. The minimum absolute atomic E-state index is 0.160. The zero-order valence-electron chi connectivity index (χ0n) is 14.0. The van der Waals surface area contributed by atoms with Gasteiger partial charge in [-0.25, -0.2) is 9.59 Å². The summed E-state index contributed by atoms with van der Waals surface area (Å²) in [6, 6.07) is 13.0. The van der Waals surface area contributed by atoms with Crippen LogP contribution in [0.3, 0.4) is 0 Å². The molecule has 0 atom stereocenters. The molecule has 2 aromatic carbocycles. The first kappa shape index (κ1) is 19.3. The minimum atomic E-state index is -0.744. The third kappa shape index (κ3) is 5.49. The van der Waals surface area contributed by atoms with E-state index in [1.165, 1.54) is 13.1 Å². The molecule has 0 aliphatic carbocycles. The average Bonchev–Trinajstić information content (AvgIpc) is 2.65. The maximum absolute atomic E-state index is 12.2. The van der Waals surface area contributed by atoms with Crippen molar-refractivity contribution in [1.82, 2.24) is 10.6 Å². The molecular weight excluding hydrogens is 360 g/mol. The lowest BCUT2D eigenvalue weighted by atomic mass is 10.2. The third-order valence-electron chi connectivity index (χ3n) is 3.26. The lowest BCUT2D eigenvalue weighted by Crippen LogP contribution is -2.39. The molecule has 0 heterocycles. The Bertz CT molecular complexity index is 810. The first-order valence-electron chi connectivity index (χ1n) is 7.65. The Hall–Kier alpha value is -3.06. The van der Waals surface area contributed by atoms with Crippen LogP contribution in [-0.4, -0.2) is 31.6 Å². The summed E-state index contributed by atoms with van der Waals surface area (Å²) < 4.78 is 10.6. The summed E-state index contributed by atoms with van der Waals surface area (Å²) in [6.07, 6.45) is 0. The number of hydrogen-bond donors (Lipinski definition) is 2. The Morgan fingerprint density at radius 1 is 1.04 bits per heavy atom. The summed E-state index contributed by atoms with van der Waals surface area (Å²) in [6.45, 7) is -0.424. The predicted molar refractivity (Wildman–Crippen MR) is 95.1 cm³/mol. The number of nitrogens with one attached hydrogen (secondary N) is 2. The quantitative estimate of drug-likeness (QED) is 0.755. The van der Waals surface area contributed by atoms with Gasteiger partial charge in [0.05, 0.1) is 0 Å². The summed E-state index contributed by atoms with van der Waals surface area (Å²) in [5.74, 6) is -1.19. The molecule has 0 saturated carbocycles. The van der Waals surface area contributed by atoms with Crippen LogP contribution in [0.4, 0.5) is 4.79 Å². The first-order chi connectivity index (χ1) is 12.5. The monoisotopic (exact) mass is 376 g/mol. The van der Waals surface area contributed by atoms with Gasteiger partial charge in [-0.3, -0.25) is 10.1 Å². The molecule has 2 rings (SSSR count). The van der Waals surface area contributed by atoms with Crippen molar-refractivity contribution in [2.45, 2.75) is 6.61 Å². The molecule has 0 aromatic heterocycles. The van der Waals surface area contributed by atoms with E-state index >= 15 is 0 Å². The fourth-order valence-electron chi connectivity index (χ4n) is 1.97. The number of amides is 3. The van der Waals surface area contributed by atoms with Crippen LogP contribution in [0.15, 0.2) is 48.5 Å². The molecule has 0 fully saturated rings. The van der Waals surface area contributed by atoms with E-state index in [0.717, 1.165) is 5.56 Å². The molecule has 0 saturated heterocycles. The van der Waals surface area contributed by atoms with Gasteiger partial charge in [0.2, 0.25) is 0 Å². The lowest BCUT2D eigenvalue weighted by molar-refractivity contribution is -0.123. The second-order valence-corrected chi connectivity index (χ2v) is 5.49. The standard InChI is InChI=1S/C18H17ClN2O5/c1-20-18(24)21-16(22)11-26-17(23)13-7-3-5-9-15(13)25-10-12-6-2-4-8-14(12)19/h2-9H,10-11H2,1H3,(H2,20,21,22,24). The molecule has 0 radical (unpaired) electrons. The number of urea groups is 1. The van der Waals surface area contributed by atoms with Gasteiger partial charge in [-0.05, 0) is 18.2 Å². The summed E-state index contributed by atoms with van der Waals surface area (Å²) in [4.78, 5) is 34.7. The van der Waals surface area contributed by atoms with E-state index in [-0.39, 0.29) is 12.2 Å². The van der Waals surface area contributed by atoms with Crippen LogP contribution >= 0.6 is 11.6 Å². The van der Waals surface area contributed by atoms with Crippen molar-refractivity contribution in [3.63, 3.8) is 0 Å². The number of carbonyl (C=O) groups excluding carboxylic acids is 3. The molecule has 2 aromatic rings. The van der Waals surface area contributed by atoms with Gasteiger partial charge < -0.3 is 14.8 Å². The van der Waals surface area contributed by atoms with Crippen molar-refractivity contribution in [1.29, 1.82) is 0 Å². The van der Waals surface area contributed by atoms with E-state index in [1.54, 1.807) is 30.3 Å². The first-order valence-corrected chi connectivity index (χ1v) is 8.03. The van der Waals surface area contributed by atoms with Crippen molar-refractivity contribution in [3.8, 4) is 5.75 Å². The van der Waals surface area contributed by atoms with Crippen LogP contribution < -0.4 is 15.4 Å². The number of imide groups is 1. The zero-order chi connectivity index (χ0) is 18.9. The van der Waals surface area contributed by atoms with Crippen molar-refractivity contribution < 1.29 is 23.9 Å². The molecule has 8 heteroatoms. The smallest absolute Gasteiger partial charge is 0.342 e. The van der Waals surface area contributed by atoms with Gasteiger partial charge in [0.25, 0.3) is 5.91 Å². The van der Waals surface area contributed by atoms with E-state index in [9.17, 15) is 14.4 Å². The van der Waals surface area contributed by atoms with E-state index in [1.807, 2.05) is 17.4 Å². The molecule has 3 amide bonds. The Morgan fingerprint density at radius 2 is 1.73 bits per heavy atom. The van der Waals surface area contributed by atoms with E-state index in [4.69, 9.17) is 21.1 Å². The Labute approximate surface area is 155 Å². The number of ether oxygens (including phenoxy) is 2. The third-order valence-corrected chi connectivity index (χ3v) is 3.63. The molecular formula is C18H17ClN2O5. The van der Waals surface area contributed by atoms with Crippen LogP contribution in [0.5, 0.6) is 5.75 Å². The fourth-order valence-corrected chi connectivity index (χ4v) is 2.16. The van der Waals surface area contributed by atoms with Crippen LogP contribution in [0.25, 0.3) is 0 Å². The second kappa shape index (κ2) is 9.43. The lowest BCUT2D eigenvalue weighted by Gasteiger charge is -2.12. The molecule has 0 aliphatic rings. The van der Waals surface area contributed by atoms with Crippen molar-refractivity contribution in [2.75, 3.05) is 13.7 Å². The Balaban J connectivity index is 1.99. The molecule has 0 unspecified atom stereocenters. The Morgan fingerprint density at radius 3 is 2.46 bits per heavy atom. The minimum Gasteiger partial charge on any atom is -0.488 e. The van der Waals surface area contributed by atoms with Gasteiger partial charge in [0.1, 0.15) is 17.9 Å². The highest BCUT2D eigenvalue weighted by Gasteiger charge is 2.16. The number of halogens is 1. The highest BCUT2D eigenvalue weighted by Crippen LogP contribution is 2.22. The van der Waals surface area contributed by atoms with Crippen LogP contribution in [0.1, 0.15) is 15.9 Å². The largest absolute Gasteiger partial charge is 0.488 e. The summed E-state index contributed by atoms with van der Waals surface area (Å²) in [5, 5.41) is 4.76. The molecule has 0 aliphatic heterocycles. The highest BCUT2D eigenvalue weighted by molar-refractivity contribution is 6.31. The summed E-state index contributed by atoms with van der Waals surface area (Å²) >= 11 is 6.08. The number of carbonyl (C=O) groups is 3. The van der Waals surface area contributed by atoms with E-state index in [2.05, 4.69) is 5.32 Å². The average molecular weight is 377 g/mol. The molecule has 7 nitrogen and oxygen atoms in total. The SMILES string of the molecule is CNC(=O)NC(=O)COC(=O)c1ccccc1OCc1ccccc1Cl. The predicted octanol–water partition coefficient (Wildman–Crippen LogP) is 2.53. The van der Waals surface area contributed by atoms with Gasteiger partial charge in [-0.1, -0.05) is 41.9 Å². The van der Waals surface area contributed by atoms with E-state index in [0.29, 0.717) is 10.8 Å². The summed E-state index contributed by atoms with van der Waals surface area (Å²) in [7, 11) is 1.36. The maximum atomic E-state index is 12.2. The van der Waals surface area contributed by atoms with Gasteiger partial charge >= 0.3 is 12.0 Å². The number of esters is 1. The van der Waals surface area contributed by atoms with Gasteiger partial charge in [0.15, 0.2) is 6.61 Å². The molecule has 0 spiro atoms. The molecule has 136 valence electrons. The fraction of sp³-hybridized carbons (Fsp3) is 0.167. The maximum Gasteiger partial charge on any atom is 0.342 e. The topological polar surface area (TPSA) is 93.7 Å². The Kier molecular flexibility index (Phi) is 6.99. The van der Waals surface area contributed by atoms with Crippen molar-refractivity contribution in [2.24, 2.45) is 0 Å². The zero-order valence-corrected chi connectivity index (χ0v) is 14.7. The highest BCUT2D eigenvalue weighted by atomic mass is 35.5. The normalized spacial score (nSPS) is 9.92. The number of para-hydroxylation sites is 1. The molecule has 2 N–H and O–H groups in total. The number of benzene rings is 2. The van der Waals surface area contributed by atoms with Gasteiger partial charge in [0, 0.05) is 17.6 Å². The van der Waals surface area contributed by atoms with Crippen molar-refractivity contribution >= 4 is 29.5 Å². The molecule has 0 bridgehead atoms. The van der Waals surface area contributed by atoms with Gasteiger partial charge in [-0.2, -0.15) is 0 Å². The van der Waals surface area contributed by atoms with Crippen molar-refractivity contribution in [3.05, 3.63) is 64.7 Å². The molecule has 26 heavy (non-hydrogen) atoms. The summed E-state index contributed by atoms with van der Waals surface area (Å²) in [5.41, 5.74) is 0.926. The van der Waals surface area contributed by atoms with Crippen LogP contribution in [0.2, 0.25) is 5.02 Å². The van der Waals surface area contributed by atoms with Crippen LogP contribution in [0, 0.1) is 0 Å². The van der Waals surface area contributed by atoms with Crippen LogP contribution in [-0.2, 0) is 16.1 Å². The van der Waals surface area contributed by atoms with E-state index < -0.39 is 24.5 Å². The number of rotatable bonds is 6. The van der Waals surface area contributed by atoms with Gasteiger partial charge in [-0.15, -0.1) is 0 Å². The number of hydrogen-bond acceptors (Lipinski definition) is 5.